The van der Waals surface area contributed by atoms with E-state index in [0.29, 0.717) is 0 Å². The van der Waals surface area contributed by atoms with Gasteiger partial charge in [0.05, 0.1) is 0 Å². The first kappa shape index (κ1) is 8.53. The first-order valence-electron chi connectivity index (χ1n) is 4.00. The molecule has 0 unspecified atom stereocenters. The Balaban J connectivity index is 2.30. The average Bonchev–Trinajstić information content (AvgIpc) is 1.75. The summed E-state index contributed by atoms with van der Waals surface area (Å²) < 4.78 is 5.09. The molecule has 1 fully saturated rings. The van der Waals surface area contributed by atoms with Gasteiger partial charge in [-0.05, 0) is 33.1 Å². The molecular formula is C8H15NO2. The maximum Gasteiger partial charge on any atom is 0.325 e. The molecule has 0 spiro atoms. The van der Waals surface area contributed by atoms with Crippen molar-refractivity contribution < 1.29 is 9.53 Å². The van der Waals surface area contributed by atoms with Crippen LogP contribution < -0.4 is 5.73 Å². The van der Waals surface area contributed by atoms with Crippen molar-refractivity contribution in [2.24, 2.45) is 5.73 Å². The fourth-order valence-electron chi connectivity index (χ4n) is 0.792. The van der Waals surface area contributed by atoms with Crippen LogP contribution in [0.2, 0.25) is 0 Å². The number of nitrogens with two attached hydrogens (primary N) is 1. The van der Waals surface area contributed by atoms with Crippen LogP contribution in [-0.2, 0) is 9.53 Å². The number of hydrogen-bond donors (Lipinski definition) is 1. The van der Waals surface area contributed by atoms with Crippen LogP contribution in [0.25, 0.3) is 0 Å². The number of esters is 1. The van der Waals surface area contributed by atoms with Gasteiger partial charge in [0.2, 0.25) is 0 Å². The first-order valence-corrected chi connectivity index (χ1v) is 4.00. The third-order valence-electron chi connectivity index (χ3n) is 1.85. The Hall–Kier alpha value is -0.570. The molecule has 3 heteroatoms. The maximum atomic E-state index is 11.1. The van der Waals surface area contributed by atoms with Gasteiger partial charge in [-0.15, -0.1) is 0 Å². The molecule has 0 heterocycles. The predicted molar refractivity (Wildman–Crippen MR) is 42.0 cm³/mol. The quantitative estimate of drug-likeness (QED) is 0.604. The fraction of sp³-hybridized carbons (Fsp3) is 0.875. The smallest absolute Gasteiger partial charge is 0.325 e. The minimum absolute atomic E-state index is 0.144. The standard InChI is InChI=1S/C8H15NO2/c1-8(2,9)7(10)11-6-4-3-5-6/h6H,3-5,9H2,1-2H3. The van der Waals surface area contributed by atoms with Gasteiger partial charge in [0.15, 0.2) is 0 Å². The van der Waals surface area contributed by atoms with Gasteiger partial charge in [-0.1, -0.05) is 0 Å². The molecule has 64 valence electrons. The van der Waals surface area contributed by atoms with Gasteiger partial charge in [-0.25, -0.2) is 0 Å². The van der Waals surface area contributed by atoms with Crippen LogP contribution in [-0.4, -0.2) is 17.6 Å². The fourth-order valence-corrected chi connectivity index (χ4v) is 0.792. The van der Waals surface area contributed by atoms with Crippen LogP contribution in [0, 0.1) is 0 Å². The predicted octanol–water partition coefficient (Wildman–Crippen LogP) is 0.819. The molecule has 11 heavy (non-hydrogen) atoms. The molecule has 3 nitrogen and oxygen atoms in total. The van der Waals surface area contributed by atoms with E-state index in [0.717, 1.165) is 12.8 Å². The lowest BCUT2D eigenvalue weighted by molar-refractivity contribution is -0.158. The SMILES string of the molecule is CC(C)(N)C(=O)OC1CCC1. The van der Waals surface area contributed by atoms with Crippen molar-refractivity contribution in [3.8, 4) is 0 Å². The molecular weight excluding hydrogens is 142 g/mol. The summed E-state index contributed by atoms with van der Waals surface area (Å²) in [6.45, 7) is 3.32. The van der Waals surface area contributed by atoms with Crippen molar-refractivity contribution in [1.82, 2.24) is 0 Å². The summed E-state index contributed by atoms with van der Waals surface area (Å²) in [6.07, 6.45) is 3.32. The zero-order valence-corrected chi connectivity index (χ0v) is 7.09. The van der Waals surface area contributed by atoms with Crippen molar-refractivity contribution in [3.05, 3.63) is 0 Å². The van der Waals surface area contributed by atoms with Crippen molar-refractivity contribution in [2.75, 3.05) is 0 Å². The lowest BCUT2D eigenvalue weighted by Gasteiger charge is -2.28. The third kappa shape index (κ3) is 2.19. The van der Waals surface area contributed by atoms with Crippen molar-refractivity contribution in [1.29, 1.82) is 0 Å². The number of carbonyl (C=O) groups is 1. The molecule has 0 saturated heterocycles. The molecule has 0 aromatic rings. The molecule has 1 rings (SSSR count). The van der Waals surface area contributed by atoms with Crippen molar-refractivity contribution in [3.63, 3.8) is 0 Å². The summed E-state index contributed by atoms with van der Waals surface area (Å²) >= 11 is 0. The number of hydrogen-bond acceptors (Lipinski definition) is 3. The molecule has 0 radical (unpaired) electrons. The van der Waals surface area contributed by atoms with Gasteiger partial charge >= 0.3 is 5.97 Å². The summed E-state index contributed by atoms with van der Waals surface area (Å²) in [5.41, 5.74) is 4.69. The van der Waals surface area contributed by atoms with Crippen LogP contribution in [0.4, 0.5) is 0 Å². The molecule has 0 atom stereocenters. The Morgan fingerprint density at radius 2 is 2.09 bits per heavy atom. The normalized spacial score (nSPS) is 19.2. The summed E-state index contributed by atoms with van der Waals surface area (Å²) in [4.78, 5) is 11.1. The van der Waals surface area contributed by atoms with Crippen LogP contribution in [0.5, 0.6) is 0 Å². The zero-order valence-electron chi connectivity index (χ0n) is 7.09. The van der Waals surface area contributed by atoms with Crippen molar-refractivity contribution in [2.45, 2.75) is 44.8 Å². The molecule has 0 amide bonds. The van der Waals surface area contributed by atoms with E-state index in [1.54, 1.807) is 13.8 Å². The minimum Gasteiger partial charge on any atom is -0.461 e. The van der Waals surface area contributed by atoms with Gasteiger partial charge in [0.25, 0.3) is 0 Å². The summed E-state index contributed by atoms with van der Waals surface area (Å²) in [6, 6.07) is 0. The maximum absolute atomic E-state index is 11.1. The largest absolute Gasteiger partial charge is 0.461 e. The topological polar surface area (TPSA) is 52.3 Å². The lowest BCUT2D eigenvalue weighted by atomic mass is 9.96. The van der Waals surface area contributed by atoms with E-state index < -0.39 is 5.54 Å². The Kier molecular flexibility index (Phi) is 2.18. The minimum atomic E-state index is -0.838. The van der Waals surface area contributed by atoms with E-state index in [2.05, 4.69) is 0 Å². The average molecular weight is 157 g/mol. The summed E-state index contributed by atoms with van der Waals surface area (Å²) in [5.74, 6) is -0.290. The second-order valence-electron chi connectivity index (χ2n) is 3.68. The lowest BCUT2D eigenvalue weighted by Crippen LogP contribution is -2.45. The number of carbonyl (C=O) groups excluding carboxylic acids is 1. The Bertz CT molecular complexity index is 156. The second-order valence-corrected chi connectivity index (χ2v) is 3.68. The van der Waals surface area contributed by atoms with E-state index in [9.17, 15) is 4.79 Å². The van der Waals surface area contributed by atoms with E-state index in [1.807, 2.05) is 0 Å². The molecule has 0 bridgehead atoms. The van der Waals surface area contributed by atoms with E-state index in [4.69, 9.17) is 10.5 Å². The zero-order chi connectivity index (χ0) is 8.48. The van der Waals surface area contributed by atoms with Gasteiger partial charge in [0, 0.05) is 0 Å². The summed E-state index contributed by atoms with van der Waals surface area (Å²) in [5, 5.41) is 0. The van der Waals surface area contributed by atoms with Crippen LogP contribution in [0.3, 0.4) is 0 Å². The van der Waals surface area contributed by atoms with Gasteiger partial charge in [-0.3, -0.25) is 4.79 Å². The highest BCUT2D eigenvalue weighted by Gasteiger charge is 2.29. The van der Waals surface area contributed by atoms with Crippen molar-refractivity contribution >= 4 is 5.97 Å². The van der Waals surface area contributed by atoms with Crippen LogP contribution in [0.15, 0.2) is 0 Å². The highest BCUT2D eigenvalue weighted by molar-refractivity contribution is 5.79. The Labute approximate surface area is 66.9 Å². The van der Waals surface area contributed by atoms with Crippen LogP contribution >= 0.6 is 0 Å². The molecule has 0 aromatic carbocycles. The molecule has 1 saturated carbocycles. The first-order chi connectivity index (χ1) is 5.00. The molecule has 1 aliphatic rings. The monoisotopic (exact) mass is 157 g/mol. The molecule has 0 aromatic heterocycles. The van der Waals surface area contributed by atoms with E-state index in [-0.39, 0.29) is 12.1 Å². The molecule has 2 N–H and O–H groups in total. The second kappa shape index (κ2) is 2.81. The summed E-state index contributed by atoms with van der Waals surface area (Å²) in [7, 11) is 0. The van der Waals surface area contributed by atoms with E-state index in [1.165, 1.54) is 6.42 Å². The van der Waals surface area contributed by atoms with Gasteiger partial charge < -0.3 is 10.5 Å². The number of ether oxygens (including phenoxy) is 1. The highest BCUT2D eigenvalue weighted by atomic mass is 16.5. The molecule has 1 aliphatic carbocycles. The number of rotatable bonds is 2. The highest BCUT2D eigenvalue weighted by Crippen LogP contribution is 2.23. The third-order valence-corrected chi connectivity index (χ3v) is 1.85. The van der Waals surface area contributed by atoms with Gasteiger partial charge in [-0.2, -0.15) is 0 Å². The Morgan fingerprint density at radius 1 is 1.55 bits per heavy atom. The van der Waals surface area contributed by atoms with Crippen LogP contribution in [0.1, 0.15) is 33.1 Å². The Morgan fingerprint density at radius 3 is 2.36 bits per heavy atom. The van der Waals surface area contributed by atoms with Gasteiger partial charge in [0.1, 0.15) is 11.6 Å². The van der Waals surface area contributed by atoms with E-state index >= 15 is 0 Å². The molecule has 0 aliphatic heterocycles.